The third kappa shape index (κ3) is 4.83. The van der Waals surface area contributed by atoms with Crippen LogP contribution in [0.3, 0.4) is 0 Å². The van der Waals surface area contributed by atoms with Crippen LogP contribution in [0.25, 0.3) is 10.9 Å². The second kappa shape index (κ2) is 10.1. The van der Waals surface area contributed by atoms with Crippen molar-refractivity contribution in [2.75, 3.05) is 43.4 Å². The number of nitrogens with zero attached hydrogens (tertiary/aromatic N) is 5. The van der Waals surface area contributed by atoms with Gasteiger partial charge in [0, 0.05) is 60.3 Å². The van der Waals surface area contributed by atoms with E-state index in [0.717, 1.165) is 43.5 Å². The Labute approximate surface area is 213 Å². The lowest BCUT2D eigenvalue weighted by molar-refractivity contribution is 0.282. The van der Waals surface area contributed by atoms with Crippen molar-refractivity contribution in [2.45, 2.75) is 20.0 Å². The van der Waals surface area contributed by atoms with Gasteiger partial charge >= 0.3 is 0 Å². The van der Waals surface area contributed by atoms with E-state index in [1.54, 1.807) is 13.0 Å². The van der Waals surface area contributed by atoms with Gasteiger partial charge in [-0.15, -0.1) is 0 Å². The number of hydrogen-bond donors (Lipinski definition) is 2. The van der Waals surface area contributed by atoms with Crippen LogP contribution in [0.1, 0.15) is 23.6 Å². The molecule has 3 aromatic rings. The van der Waals surface area contributed by atoms with E-state index in [1.165, 1.54) is 6.33 Å². The summed E-state index contributed by atoms with van der Waals surface area (Å²) in [6.45, 7) is 12.9. The lowest BCUT2D eigenvalue weighted by atomic mass is 10.1. The van der Waals surface area contributed by atoms with Gasteiger partial charge in [0.25, 0.3) is 5.69 Å². The average molecular weight is 505 g/mol. The quantitative estimate of drug-likeness (QED) is 0.455. The van der Waals surface area contributed by atoms with Gasteiger partial charge in [0.2, 0.25) is 5.88 Å². The Morgan fingerprint density at radius 3 is 2.68 bits per heavy atom. The van der Waals surface area contributed by atoms with Gasteiger partial charge < -0.3 is 25.0 Å². The normalized spacial score (nSPS) is 15.2. The van der Waals surface area contributed by atoms with Gasteiger partial charge in [0.1, 0.15) is 18.0 Å². The lowest BCUT2D eigenvalue weighted by Crippen LogP contribution is -2.44. The van der Waals surface area contributed by atoms with Gasteiger partial charge in [-0.25, -0.2) is 23.6 Å². The van der Waals surface area contributed by atoms with Crippen molar-refractivity contribution in [3.05, 3.63) is 75.9 Å². The average Bonchev–Trinajstić information content (AvgIpc) is 3.30. The molecular weight excluding hydrogens is 478 g/mol. The summed E-state index contributed by atoms with van der Waals surface area (Å²) < 4.78 is 35.3. The maximum Gasteiger partial charge on any atom is 0.288 e. The van der Waals surface area contributed by atoms with E-state index < -0.39 is 11.6 Å². The number of anilines is 3. The van der Waals surface area contributed by atoms with Crippen molar-refractivity contribution in [2.24, 2.45) is 0 Å². The zero-order chi connectivity index (χ0) is 26.1. The zero-order valence-electron chi connectivity index (χ0n) is 20.6. The highest BCUT2D eigenvalue weighted by Gasteiger charge is 2.24. The summed E-state index contributed by atoms with van der Waals surface area (Å²) in [4.78, 5) is 16.2. The molecule has 2 aromatic carbocycles. The molecular formula is C27H26F2N6O2. The number of nitrogens with one attached hydrogen (secondary N) is 1. The summed E-state index contributed by atoms with van der Waals surface area (Å²) in [6.07, 6.45) is 3.11. The summed E-state index contributed by atoms with van der Waals surface area (Å²) >= 11 is 0. The number of likely N-dealkylation sites (N-methyl/N-ethyl adjacent to an activating group) is 1. The van der Waals surface area contributed by atoms with Crippen LogP contribution in [-0.4, -0.2) is 53.2 Å². The van der Waals surface area contributed by atoms with Crippen LogP contribution in [0.2, 0.25) is 0 Å². The van der Waals surface area contributed by atoms with Crippen LogP contribution >= 0.6 is 0 Å². The molecule has 1 aliphatic carbocycles. The van der Waals surface area contributed by atoms with Crippen molar-refractivity contribution in [1.29, 1.82) is 0 Å². The standard InChI is InChI=1S/C27H26F2N6O2/c1-16-10-19-20(11-16)24(29)23(13-21(19)28)37-27-25(30-2)26(31-15-32-27)33-22-5-4-18(12-17(22)14-36)35-8-6-34(3)7-9-35/h4-5,11-13,15,36H,6-10,14H2,1,3H3,(H,31,32,33). The molecule has 2 aliphatic rings. The van der Waals surface area contributed by atoms with E-state index in [2.05, 4.69) is 37.0 Å². The number of rotatable bonds is 6. The second-order valence-electron chi connectivity index (χ2n) is 9.23. The van der Waals surface area contributed by atoms with Crippen molar-refractivity contribution in [3.8, 4) is 11.6 Å². The highest BCUT2D eigenvalue weighted by Crippen LogP contribution is 2.40. The number of ether oxygens (including phenoxy) is 1. The number of aliphatic hydroxyl groups is 1. The number of hydrogen-bond acceptors (Lipinski definition) is 7. The molecule has 5 rings (SSSR count). The summed E-state index contributed by atoms with van der Waals surface area (Å²) in [5, 5.41) is 13.1. The van der Waals surface area contributed by atoms with Gasteiger partial charge in [-0.1, -0.05) is 11.6 Å². The Balaban J connectivity index is 1.43. The van der Waals surface area contributed by atoms with E-state index in [4.69, 9.17) is 11.3 Å². The molecule has 0 radical (unpaired) electrons. The fourth-order valence-corrected chi connectivity index (χ4v) is 4.60. The lowest BCUT2D eigenvalue weighted by Gasteiger charge is -2.34. The van der Waals surface area contributed by atoms with Crippen LogP contribution in [-0.2, 0) is 13.0 Å². The SMILES string of the molecule is [C-]#[N+]c1c(Nc2ccc(N3CCN(C)CC3)cc2CO)ncnc1Oc1cc(F)c2c(c1F)C=C(C)C2. The predicted octanol–water partition coefficient (Wildman–Crippen LogP) is 5.04. The Kier molecular flexibility index (Phi) is 6.74. The summed E-state index contributed by atoms with van der Waals surface area (Å²) in [7, 11) is 2.09. The fourth-order valence-electron chi connectivity index (χ4n) is 4.60. The van der Waals surface area contributed by atoms with Crippen molar-refractivity contribution < 1.29 is 18.6 Å². The van der Waals surface area contributed by atoms with Crippen LogP contribution in [0.4, 0.5) is 31.7 Å². The second-order valence-corrected chi connectivity index (χ2v) is 9.23. The molecule has 0 amide bonds. The Morgan fingerprint density at radius 1 is 1.16 bits per heavy atom. The minimum Gasteiger partial charge on any atom is -0.446 e. The van der Waals surface area contributed by atoms with Crippen LogP contribution in [0.5, 0.6) is 11.6 Å². The van der Waals surface area contributed by atoms with Gasteiger partial charge in [-0.3, -0.25) is 0 Å². The summed E-state index contributed by atoms with van der Waals surface area (Å²) in [5.41, 5.74) is 3.37. The number of allylic oxidation sites excluding steroid dienone is 1. The highest BCUT2D eigenvalue weighted by atomic mass is 19.1. The number of benzene rings is 2. The minimum atomic E-state index is -0.709. The topological polar surface area (TPSA) is 78.1 Å². The highest BCUT2D eigenvalue weighted by molar-refractivity contribution is 5.77. The molecule has 2 heterocycles. The fraction of sp³-hybridized carbons (Fsp3) is 0.296. The largest absolute Gasteiger partial charge is 0.446 e. The number of piperazine rings is 1. The molecule has 0 atom stereocenters. The molecule has 1 aromatic heterocycles. The molecule has 0 saturated carbocycles. The van der Waals surface area contributed by atoms with E-state index in [9.17, 15) is 9.50 Å². The van der Waals surface area contributed by atoms with E-state index in [-0.39, 0.29) is 40.9 Å². The molecule has 190 valence electrons. The molecule has 37 heavy (non-hydrogen) atoms. The van der Waals surface area contributed by atoms with E-state index >= 15 is 4.39 Å². The molecule has 0 spiro atoms. The molecule has 10 heteroatoms. The maximum atomic E-state index is 15.1. The van der Waals surface area contributed by atoms with Gasteiger partial charge in [-0.2, -0.15) is 0 Å². The van der Waals surface area contributed by atoms with Crippen LogP contribution < -0.4 is 15.0 Å². The van der Waals surface area contributed by atoms with E-state index in [1.807, 2.05) is 18.2 Å². The van der Waals surface area contributed by atoms with Crippen LogP contribution in [0, 0.1) is 18.2 Å². The maximum absolute atomic E-state index is 15.1. The summed E-state index contributed by atoms with van der Waals surface area (Å²) in [6, 6.07) is 6.65. The zero-order valence-corrected chi connectivity index (χ0v) is 20.6. The first kappa shape index (κ1) is 24.6. The van der Waals surface area contributed by atoms with Gasteiger partial charge in [-0.05, 0) is 38.6 Å². The molecule has 8 nitrogen and oxygen atoms in total. The Hall–Kier alpha value is -4.07. The third-order valence-electron chi connectivity index (χ3n) is 6.66. The predicted molar refractivity (Wildman–Crippen MR) is 137 cm³/mol. The smallest absolute Gasteiger partial charge is 0.288 e. The Bertz CT molecular complexity index is 1430. The number of aliphatic hydroxyl groups excluding tert-OH is 1. The number of halogens is 2. The van der Waals surface area contributed by atoms with E-state index in [0.29, 0.717) is 17.7 Å². The van der Waals surface area contributed by atoms with Crippen molar-refractivity contribution in [3.63, 3.8) is 0 Å². The number of aromatic nitrogens is 2. The van der Waals surface area contributed by atoms with Crippen molar-refractivity contribution >= 4 is 29.0 Å². The monoisotopic (exact) mass is 504 g/mol. The summed E-state index contributed by atoms with van der Waals surface area (Å²) in [5.74, 6) is -1.73. The van der Waals surface area contributed by atoms with Gasteiger partial charge in [0.05, 0.1) is 13.2 Å². The molecule has 1 saturated heterocycles. The first-order valence-electron chi connectivity index (χ1n) is 11.9. The molecule has 0 unspecified atom stereocenters. The van der Waals surface area contributed by atoms with Crippen molar-refractivity contribution in [1.82, 2.24) is 14.9 Å². The molecule has 2 N–H and O–H groups in total. The molecule has 0 bridgehead atoms. The minimum absolute atomic E-state index is 0.0958. The first-order chi connectivity index (χ1) is 17.9. The van der Waals surface area contributed by atoms with Gasteiger partial charge in [0.15, 0.2) is 11.6 Å². The first-order valence-corrected chi connectivity index (χ1v) is 11.9. The number of fused-ring (bicyclic) bond motifs is 1. The molecule has 1 fully saturated rings. The van der Waals surface area contributed by atoms with Crippen LogP contribution in [0.15, 0.2) is 36.2 Å². The third-order valence-corrected chi connectivity index (χ3v) is 6.66. The molecule has 1 aliphatic heterocycles. The Morgan fingerprint density at radius 2 is 1.95 bits per heavy atom.